The monoisotopic (exact) mass is 429 g/mol. The lowest BCUT2D eigenvalue weighted by atomic mass is 9.68. The highest BCUT2D eigenvalue weighted by atomic mass is 19.4. The summed E-state index contributed by atoms with van der Waals surface area (Å²) in [6, 6.07) is 10.2. The number of nitrogens with one attached hydrogen (secondary N) is 1. The number of amides is 4. The second kappa shape index (κ2) is 6.57. The number of para-hydroxylation sites is 1. The van der Waals surface area contributed by atoms with Gasteiger partial charge in [0, 0.05) is 12.2 Å². The number of urea groups is 1. The third-order valence-corrected chi connectivity index (χ3v) is 6.44. The molecule has 2 aromatic carbocycles. The lowest BCUT2D eigenvalue weighted by Crippen LogP contribution is -2.71. The largest absolute Gasteiger partial charge is 0.416 e. The van der Waals surface area contributed by atoms with Crippen molar-refractivity contribution in [3.8, 4) is 0 Å². The number of hydrogen-bond donors (Lipinski definition) is 1. The average molecular weight is 429 g/mol. The normalized spacial score (nSPS) is 25.5. The summed E-state index contributed by atoms with van der Waals surface area (Å²) in [5.74, 6) is -1.46. The molecule has 0 saturated carbocycles. The number of fused-ring (bicyclic) bond motifs is 4. The molecule has 9 heteroatoms. The van der Waals surface area contributed by atoms with Gasteiger partial charge in [0.15, 0.2) is 5.41 Å². The summed E-state index contributed by atoms with van der Waals surface area (Å²) in [5.41, 5.74) is -1.34. The second-order valence-electron chi connectivity index (χ2n) is 8.08. The molecule has 31 heavy (non-hydrogen) atoms. The summed E-state index contributed by atoms with van der Waals surface area (Å²) < 4.78 is 40.0. The predicted molar refractivity (Wildman–Crippen MR) is 105 cm³/mol. The highest BCUT2D eigenvalue weighted by Crippen LogP contribution is 2.49. The molecule has 1 N–H and O–H groups in total. The Bertz CT molecular complexity index is 1100. The average Bonchev–Trinajstić information content (AvgIpc) is 3.22. The highest BCUT2D eigenvalue weighted by molar-refractivity contribution is 6.30. The van der Waals surface area contributed by atoms with Crippen LogP contribution < -0.4 is 15.1 Å². The molecule has 0 aromatic heterocycles. The van der Waals surface area contributed by atoms with Gasteiger partial charge in [-0.3, -0.25) is 14.9 Å². The Labute approximate surface area is 175 Å². The maximum atomic E-state index is 13.8. The van der Waals surface area contributed by atoms with Crippen molar-refractivity contribution in [2.75, 3.05) is 16.3 Å². The number of anilines is 2. The molecule has 3 heterocycles. The Morgan fingerprint density at radius 1 is 1.03 bits per heavy atom. The van der Waals surface area contributed by atoms with Crippen molar-refractivity contribution >= 4 is 29.2 Å². The smallest absolute Gasteiger partial charge is 0.367 e. The number of carbonyl (C=O) groups excluding carboxylic acids is 3. The first kappa shape index (κ1) is 19.6. The second-order valence-corrected chi connectivity index (χ2v) is 8.08. The van der Waals surface area contributed by atoms with E-state index in [0.717, 1.165) is 17.0 Å². The van der Waals surface area contributed by atoms with E-state index in [0.29, 0.717) is 30.8 Å². The summed E-state index contributed by atoms with van der Waals surface area (Å²) in [5, 5.41) is 2.29. The first-order chi connectivity index (χ1) is 14.7. The molecule has 0 unspecified atom stereocenters. The molecule has 2 atom stereocenters. The van der Waals surface area contributed by atoms with Gasteiger partial charge in [-0.1, -0.05) is 18.2 Å². The summed E-state index contributed by atoms with van der Waals surface area (Å²) in [6.45, 7) is 0.518. The summed E-state index contributed by atoms with van der Waals surface area (Å²) in [6.07, 6.45) is -3.53. The van der Waals surface area contributed by atoms with Gasteiger partial charge in [0.1, 0.15) is 0 Å². The fourth-order valence-electron chi connectivity index (χ4n) is 5.08. The van der Waals surface area contributed by atoms with E-state index >= 15 is 0 Å². The lowest BCUT2D eigenvalue weighted by molar-refractivity contribution is -0.144. The molecule has 0 radical (unpaired) electrons. The third kappa shape index (κ3) is 2.75. The Morgan fingerprint density at radius 2 is 1.77 bits per heavy atom. The molecule has 5 rings (SSSR count). The molecule has 0 aliphatic carbocycles. The van der Waals surface area contributed by atoms with Crippen LogP contribution in [0.25, 0.3) is 0 Å². The number of rotatable bonds is 1. The van der Waals surface area contributed by atoms with E-state index < -0.39 is 41.0 Å². The Morgan fingerprint density at radius 3 is 2.48 bits per heavy atom. The van der Waals surface area contributed by atoms with E-state index in [1.807, 2.05) is 4.90 Å². The number of nitrogens with zero attached hydrogens (tertiary/aromatic N) is 2. The van der Waals surface area contributed by atoms with Crippen molar-refractivity contribution in [1.29, 1.82) is 0 Å². The van der Waals surface area contributed by atoms with Crippen molar-refractivity contribution < 1.29 is 27.6 Å². The fourth-order valence-corrected chi connectivity index (χ4v) is 5.08. The van der Waals surface area contributed by atoms with Crippen LogP contribution in [0.15, 0.2) is 48.5 Å². The Balaban J connectivity index is 1.66. The number of imide groups is 2. The summed E-state index contributed by atoms with van der Waals surface area (Å²) >= 11 is 0. The molecule has 1 spiro atoms. The molecular weight excluding hydrogens is 411 g/mol. The fraction of sp³-hybridized carbons (Fsp3) is 0.318. The third-order valence-electron chi connectivity index (χ3n) is 6.44. The molecular formula is C22H18F3N3O3. The van der Waals surface area contributed by atoms with Gasteiger partial charge in [-0.2, -0.15) is 13.2 Å². The van der Waals surface area contributed by atoms with Gasteiger partial charge < -0.3 is 4.90 Å². The van der Waals surface area contributed by atoms with Crippen LogP contribution in [0, 0.1) is 5.41 Å². The molecule has 160 valence electrons. The van der Waals surface area contributed by atoms with Crippen LogP contribution in [0.4, 0.5) is 29.3 Å². The van der Waals surface area contributed by atoms with Crippen molar-refractivity contribution in [3.05, 3.63) is 59.7 Å². The quantitative estimate of drug-likeness (QED) is 0.705. The van der Waals surface area contributed by atoms with E-state index in [-0.39, 0.29) is 12.0 Å². The summed E-state index contributed by atoms with van der Waals surface area (Å²) in [4.78, 5) is 42.3. The van der Waals surface area contributed by atoms with Gasteiger partial charge in [0.25, 0.3) is 5.91 Å². The number of benzene rings is 2. The number of halogens is 3. The van der Waals surface area contributed by atoms with Crippen LogP contribution in [0.3, 0.4) is 0 Å². The van der Waals surface area contributed by atoms with Crippen molar-refractivity contribution in [2.24, 2.45) is 5.41 Å². The van der Waals surface area contributed by atoms with Crippen molar-refractivity contribution in [2.45, 2.75) is 31.5 Å². The Hall–Kier alpha value is -3.36. The molecule has 2 fully saturated rings. The van der Waals surface area contributed by atoms with Gasteiger partial charge in [-0.05, 0) is 55.2 Å². The van der Waals surface area contributed by atoms with Crippen LogP contribution in [-0.4, -0.2) is 30.4 Å². The zero-order valence-corrected chi connectivity index (χ0v) is 16.3. The maximum absolute atomic E-state index is 13.8. The van der Waals surface area contributed by atoms with E-state index in [2.05, 4.69) is 5.32 Å². The lowest BCUT2D eigenvalue weighted by Gasteiger charge is -2.49. The van der Waals surface area contributed by atoms with Gasteiger partial charge >= 0.3 is 12.2 Å². The van der Waals surface area contributed by atoms with E-state index in [9.17, 15) is 27.6 Å². The molecule has 2 saturated heterocycles. The SMILES string of the molecule is O=C1NC(=O)[C@@]2(Cc3cc(C(F)(F)F)ccc3N3CCC[C@H]32)C(=O)N1c1ccccc1. The maximum Gasteiger partial charge on any atom is 0.416 e. The minimum absolute atomic E-state index is 0.200. The van der Waals surface area contributed by atoms with E-state index in [1.165, 1.54) is 6.07 Å². The topological polar surface area (TPSA) is 69.7 Å². The molecule has 0 bridgehead atoms. The van der Waals surface area contributed by atoms with Crippen molar-refractivity contribution in [3.63, 3.8) is 0 Å². The minimum atomic E-state index is -4.55. The standard InChI is InChI=1S/C22H18F3N3O3/c23-22(24,25)14-8-9-16-13(11-14)12-21(17-7-4-10-27(16)17)18(29)26-20(31)28(19(21)30)15-5-2-1-3-6-15/h1-3,5-6,8-9,11,17H,4,7,10,12H2,(H,26,29,31)/t17-,21-/m0/s1. The number of barbiturate groups is 1. The first-order valence-electron chi connectivity index (χ1n) is 9.95. The van der Waals surface area contributed by atoms with Crippen LogP contribution in [0.1, 0.15) is 24.0 Å². The van der Waals surface area contributed by atoms with Crippen LogP contribution >= 0.6 is 0 Å². The van der Waals surface area contributed by atoms with Crippen LogP contribution in [0.5, 0.6) is 0 Å². The van der Waals surface area contributed by atoms with Crippen LogP contribution in [0.2, 0.25) is 0 Å². The zero-order valence-electron chi connectivity index (χ0n) is 16.3. The molecule has 3 aliphatic heterocycles. The molecule has 2 aromatic rings. The van der Waals surface area contributed by atoms with Gasteiger partial charge in [0.05, 0.1) is 17.3 Å². The van der Waals surface area contributed by atoms with Gasteiger partial charge in [-0.25, -0.2) is 9.69 Å². The predicted octanol–water partition coefficient (Wildman–Crippen LogP) is 3.50. The van der Waals surface area contributed by atoms with Crippen LogP contribution in [-0.2, 0) is 22.2 Å². The minimum Gasteiger partial charge on any atom is -0.367 e. The highest BCUT2D eigenvalue weighted by Gasteiger charge is 2.63. The molecule has 3 aliphatic rings. The van der Waals surface area contributed by atoms with Gasteiger partial charge in [0.2, 0.25) is 5.91 Å². The van der Waals surface area contributed by atoms with E-state index in [1.54, 1.807) is 30.3 Å². The Kier molecular flexibility index (Phi) is 4.15. The van der Waals surface area contributed by atoms with E-state index in [4.69, 9.17) is 0 Å². The summed E-state index contributed by atoms with van der Waals surface area (Å²) in [7, 11) is 0. The number of alkyl halides is 3. The zero-order chi connectivity index (χ0) is 22.0. The van der Waals surface area contributed by atoms with Gasteiger partial charge in [-0.15, -0.1) is 0 Å². The molecule has 6 nitrogen and oxygen atoms in total. The number of carbonyl (C=O) groups is 3. The number of hydrogen-bond acceptors (Lipinski definition) is 4. The first-order valence-corrected chi connectivity index (χ1v) is 9.95. The molecule has 4 amide bonds. The van der Waals surface area contributed by atoms with Crippen molar-refractivity contribution in [1.82, 2.24) is 5.32 Å².